The Kier molecular flexibility index (Phi) is 5.88. The largest absolute Gasteiger partial charge is 0.484 e. The minimum atomic E-state index is 0.00855. The lowest BCUT2D eigenvalue weighted by atomic mass is 9.93. The van der Waals surface area contributed by atoms with Gasteiger partial charge in [0, 0.05) is 25.7 Å². The fraction of sp³-hybridized carbons (Fsp3) is 0.444. The van der Waals surface area contributed by atoms with E-state index in [9.17, 15) is 4.79 Å². The van der Waals surface area contributed by atoms with Gasteiger partial charge in [0.2, 0.25) is 0 Å². The second-order valence-corrected chi connectivity index (χ2v) is 6.32. The summed E-state index contributed by atoms with van der Waals surface area (Å²) in [6.07, 6.45) is 3.43. The third-order valence-corrected chi connectivity index (χ3v) is 4.48. The number of benzene rings is 1. The molecule has 24 heavy (non-hydrogen) atoms. The Labute approximate surface area is 145 Å². The highest BCUT2D eigenvalue weighted by Crippen LogP contribution is 2.24. The van der Waals surface area contributed by atoms with Crippen LogP contribution in [-0.2, 0) is 11.3 Å². The molecule has 1 aromatic carbocycles. The number of para-hydroxylation sites is 1. The van der Waals surface area contributed by atoms with Crippen molar-refractivity contribution in [3.05, 3.63) is 46.8 Å². The number of nitrogens with zero attached hydrogens (tertiary/aromatic N) is 1. The van der Waals surface area contributed by atoms with Gasteiger partial charge in [0.05, 0.1) is 5.02 Å². The normalized spacial score (nSPS) is 15.4. The number of ether oxygens (including phenoxy) is 2. The Morgan fingerprint density at radius 2 is 2.08 bits per heavy atom. The number of hydrogen-bond acceptors (Lipinski definition) is 5. The second kappa shape index (κ2) is 8.31. The van der Waals surface area contributed by atoms with Crippen molar-refractivity contribution in [1.29, 1.82) is 0 Å². The topological polar surface area (TPSA) is 61.6 Å². The van der Waals surface area contributed by atoms with Crippen molar-refractivity contribution in [2.75, 3.05) is 13.2 Å². The van der Waals surface area contributed by atoms with Gasteiger partial charge in [0.1, 0.15) is 18.1 Å². The first kappa shape index (κ1) is 17.0. The van der Waals surface area contributed by atoms with Gasteiger partial charge in [-0.1, -0.05) is 28.9 Å². The molecule has 0 amide bonds. The summed E-state index contributed by atoms with van der Waals surface area (Å²) < 4.78 is 16.1. The van der Waals surface area contributed by atoms with Crippen LogP contribution in [0, 0.1) is 5.92 Å². The summed E-state index contributed by atoms with van der Waals surface area (Å²) in [7, 11) is 0. The van der Waals surface area contributed by atoms with E-state index in [2.05, 4.69) is 5.16 Å². The molecule has 2 aromatic rings. The molecule has 1 aliphatic rings. The van der Waals surface area contributed by atoms with Gasteiger partial charge >= 0.3 is 0 Å². The number of halogens is 1. The first-order valence-corrected chi connectivity index (χ1v) is 8.54. The minimum absolute atomic E-state index is 0.00855. The monoisotopic (exact) mass is 349 g/mol. The van der Waals surface area contributed by atoms with Crippen molar-refractivity contribution in [1.82, 2.24) is 5.16 Å². The van der Waals surface area contributed by atoms with Crippen molar-refractivity contribution in [2.24, 2.45) is 5.92 Å². The molecule has 1 aliphatic heterocycles. The van der Waals surface area contributed by atoms with Gasteiger partial charge in [0.15, 0.2) is 11.5 Å². The number of Topliss-reactive ketones (excluding diaryl/α,β-unsaturated/α-hetero) is 1. The average molecular weight is 350 g/mol. The molecule has 1 aromatic heterocycles. The van der Waals surface area contributed by atoms with Crippen molar-refractivity contribution >= 4 is 17.4 Å². The fourth-order valence-electron chi connectivity index (χ4n) is 2.72. The number of carbonyl (C=O) groups is 1. The van der Waals surface area contributed by atoms with Crippen molar-refractivity contribution in [3.8, 4) is 5.75 Å². The zero-order chi connectivity index (χ0) is 16.8. The summed E-state index contributed by atoms with van der Waals surface area (Å²) in [5.74, 6) is 1.65. The van der Waals surface area contributed by atoms with Gasteiger partial charge in [-0.2, -0.15) is 0 Å². The van der Waals surface area contributed by atoms with Crippen LogP contribution >= 0.6 is 11.6 Å². The Balaban J connectivity index is 1.49. The molecule has 0 unspecified atom stereocenters. The maximum absolute atomic E-state index is 12.2. The number of ketones is 1. The first-order valence-electron chi connectivity index (χ1n) is 8.16. The lowest BCUT2D eigenvalue weighted by Crippen LogP contribution is -2.16. The van der Waals surface area contributed by atoms with Crippen LogP contribution in [0.25, 0.3) is 0 Å². The molecule has 0 bridgehead atoms. The number of aromatic nitrogens is 1. The molecule has 128 valence electrons. The molecule has 5 nitrogen and oxygen atoms in total. The molecule has 0 N–H and O–H groups in total. The predicted molar refractivity (Wildman–Crippen MR) is 89.4 cm³/mol. The number of hydrogen-bond donors (Lipinski definition) is 0. The molecule has 2 heterocycles. The van der Waals surface area contributed by atoms with Gasteiger partial charge in [-0.05, 0) is 37.3 Å². The standard InChI is InChI=1S/C18H20ClNO4/c19-15-3-1-2-4-18(15)23-12-14-11-16(20-24-14)17(21)6-5-13-7-9-22-10-8-13/h1-4,11,13H,5-10,12H2. The summed E-state index contributed by atoms with van der Waals surface area (Å²) in [4.78, 5) is 12.2. The minimum Gasteiger partial charge on any atom is -0.484 e. The Hall–Kier alpha value is -1.85. The zero-order valence-corrected chi connectivity index (χ0v) is 14.1. The predicted octanol–water partition coefficient (Wildman–Crippen LogP) is 4.30. The van der Waals surface area contributed by atoms with Crippen molar-refractivity contribution < 1.29 is 18.8 Å². The highest BCUT2D eigenvalue weighted by molar-refractivity contribution is 6.32. The lowest BCUT2D eigenvalue weighted by molar-refractivity contribution is 0.0618. The van der Waals surface area contributed by atoms with E-state index in [0.29, 0.717) is 34.6 Å². The highest BCUT2D eigenvalue weighted by Gasteiger charge is 2.18. The molecular formula is C18H20ClNO4. The molecule has 6 heteroatoms. The molecule has 0 atom stereocenters. The van der Waals surface area contributed by atoms with Crippen LogP contribution in [-0.4, -0.2) is 24.2 Å². The van der Waals surface area contributed by atoms with E-state index in [1.807, 2.05) is 12.1 Å². The lowest BCUT2D eigenvalue weighted by Gasteiger charge is -2.21. The van der Waals surface area contributed by atoms with E-state index < -0.39 is 0 Å². The summed E-state index contributed by atoms with van der Waals surface area (Å²) in [5, 5.41) is 4.38. The SMILES string of the molecule is O=C(CCC1CCOCC1)c1cc(COc2ccccc2Cl)on1. The number of rotatable bonds is 7. The van der Waals surface area contributed by atoms with E-state index in [1.165, 1.54) is 0 Å². The summed E-state index contributed by atoms with van der Waals surface area (Å²) in [6.45, 7) is 1.78. The molecule has 1 fully saturated rings. The highest BCUT2D eigenvalue weighted by atomic mass is 35.5. The quantitative estimate of drug-likeness (QED) is 0.697. The Bertz CT molecular complexity index is 679. The smallest absolute Gasteiger partial charge is 0.184 e. The van der Waals surface area contributed by atoms with Gasteiger partial charge in [-0.25, -0.2) is 0 Å². The molecule has 0 radical (unpaired) electrons. The van der Waals surface area contributed by atoms with E-state index in [0.717, 1.165) is 32.5 Å². The van der Waals surface area contributed by atoms with Crippen LogP contribution in [0.1, 0.15) is 41.9 Å². The third kappa shape index (κ3) is 4.58. The van der Waals surface area contributed by atoms with Crippen molar-refractivity contribution in [2.45, 2.75) is 32.3 Å². The van der Waals surface area contributed by atoms with E-state index >= 15 is 0 Å². The van der Waals surface area contributed by atoms with E-state index in [4.69, 9.17) is 25.6 Å². The molecular weight excluding hydrogens is 330 g/mol. The summed E-state index contributed by atoms with van der Waals surface area (Å²) in [5.41, 5.74) is 0.361. The van der Waals surface area contributed by atoms with Crippen LogP contribution in [0.2, 0.25) is 5.02 Å². The molecule has 1 saturated heterocycles. The van der Waals surface area contributed by atoms with Gasteiger partial charge in [-0.15, -0.1) is 0 Å². The van der Waals surface area contributed by atoms with Crippen LogP contribution < -0.4 is 4.74 Å². The van der Waals surface area contributed by atoms with Crippen LogP contribution in [0.4, 0.5) is 0 Å². The summed E-state index contributed by atoms with van der Waals surface area (Å²) >= 11 is 6.03. The second-order valence-electron chi connectivity index (χ2n) is 5.92. The van der Waals surface area contributed by atoms with Gasteiger partial charge in [0.25, 0.3) is 0 Å². The average Bonchev–Trinajstić information content (AvgIpc) is 3.09. The zero-order valence-electron chi connectivity index (χ0n) is 13.4. The molecule has 0 spiro atoms. The third-order valence-electron chi connectivity index (χ3n) is 4.17. The molecule has 0 aliphatic carbocycles. The molecule has 3 rings (SSSR count). The maximum atomic E-state index is 12.2. The Morgan fingerprint density at radius 1 is 1.29 bits per heavy atom. The Morgan fingerprint density at radius 3 is 2.88 bits per heavy atom. The van der Waals surface area contributed by atoms with E-state index in [-0.39, 0.29) is 12.4 Å². The van der Waals surface area contributed by atoms with E-state index in [1.54, 1.807) is 18.2 Å². The maximum Gasteiger partial charge on any atom is 0.184 e. The van der Waals surface area contributed by atoms with Crippen LogP contribution in [0.3, 0.4) is 0 Å². The fourth-order valence-corrected chi connectivity index (χ4v) is 2.91. The van der Waals surface area contributed by atoms with Crippen molar-refractivity contribution in [3.63, 3.8) is 0 Å². The van der Waals surface area contributed by atoms with Gasteiger partial charge < -0.3 is 14.0 Å². The van der Waals surface area contributed by atoms with Crippen LogP contribution in [0.15, 0.2) is 34.9 Å². The first-order chi connectivity index (χ1) is 11.7. The van der Waals surface area contributed by atoms with Crippen LogP contribution in [0.5, 0.6) is 5.75 Å². The molecule has 0 saturated carbocycles. The summed E-state index contributed by atoms with van der Waals surface area (Å²) in [6, 6.07) is 8.84. The van der Waals surface area contributed by atoms with Gasteiger partial charge in [-0.3, -0.25) is 4.79 Å². The number of carbonyl (C=O) groups excluding carboxylic acids is 1.